The van der Waals surface area contributed by atoms with Crippen molar-refractivity contribution >= 4 is 11.6 Å². The Bertz CT molecular complexity index is 914. The van der Waals surface area contributed by atoms with Crippen molar-refractivity contribution in [1.29, 1.82) is 0 Å². The van der Waals surface area contributed by atoms with Gasteiger partial charge in [-0.3, -0.25) is 9.59 Å². The fourth-order valence-electron chi connectivity index (χ4n) is 8.65. The molecular weight excluding hydrogens is 400 g/mol. The second-order valence-corrected chi connectivity index (χ2v) is 12.5. The van der Waals surface area contributed by atoms with Gasteiger partial charge in [0.2, 0.25) is 0 Å². The van der Waals surface area contributed by atoms with Gasteiger partial charge in [-0.05, 0) is 66.8 Å². The average molecular weight is 441 g/mol. The predicted octanol–water partition coefficient (Wildman–Crippen LogP) is 4.64. The van der Waals surface area contributed by atoms with Crippen LogP contribution in [-0.4, -0.2) is 33.5 Å². The zero-order chi connectivity index (χ0) is 23.2. The van der Waals surface area contributed by atoms with Crippen LogP contribution < -0.4 is 0 Å². The molecule has 5 rings (SSSR count). The highest BCUT2D eigenvalue weighted by atomic mass is 16.3. The molecule has 5 aliphatic carbocycles. The molecule has 1 spiro atoms. The van der Waals surface area contributed by atoms with E-state index in [4.69, 9.17) is 0 Å². The first-order valence-corrected chi connectivity index (χ1v) is 12.8. The first-order valence-electron chi connectivity index (χ1n) is 12.8. The summed E-state index contributed by atoms with van der Waals surface area (Å²) in [7, 11) is 0. The largest absolute Gasteiger partial charge is 0.393 e. The van der Waals surface area contributed by atoms with Gasteiger partial charge in [0.15, 0.2) is 11.4 Å². The summed E-state index contributed by atoms with van der Waals surface area (Å²) in [5.74, 6) is 1.70. The van der Waals surface area contributed by atoms with E-state index in [0.29, 0.717) is 43.4 Å². The van der Waals surface area contributed by atoms with E-state index in [1.165, 1.54) is 5.57 Å². The van der Waals surface area contributed by atoms with E-state index in [-0.39, 0.29) is 40.8 Å². The Kier molecular flexibility index (Phi) is 5.01. The van der Waals surface area contributed by atoms with Gasteiger partial charge in [0.25, 0.3) is 0 Å². The number of hydrogen-bond donors (Lipinski definition) is 2. The molecule has 32 heavy (non-hydrogen) atoms. The first kappa shape index (κ1) is 22.5. The molecule has 2 unspecified atom stereocenters. The van der Waals surface area contributed by atoms with Gasteiger partial charge in [-0.15, -0.1) is 0 Å². The minimum Gasteiger partial charge on any atom is -0.393 e. The van der Waals surface area contributed by atoms with Crippen molar-refractivity contribution < 1.29 is 19.8 Å². The molecule has 3 fully saturated rings. The number of hydrogen-bond acceptors (Lipinski definition) is 4. The summed E-state index contributed by atoms with van der Waals surface area (Å²) < 4.78 is 0. The fraction of sp³-hybridized carbons (Fsp3) is 0.786. The van der Waals surface area contributed by atoms with Crippen LogP contribution in [0.3, 0.4) is 0 Å². The number of carbonyl (C=O) groups excluding carboxylic acids is 2. The number of aliphatic hydroxyl groups is 2. The molecule has 3 saturated carbocycles. The number of allylic oxidation sites excluding steroid dienone is 2. The number of Topliss-reactive ketones (excluding diaryl/α,β-unsaturated/α-hetero) is 2. The lowest BCUT2D eigenvalue weighted by molar-refractivity contribution is -0.161. The standard InChI is InChI=1S/C28H40O4/c1-15(2)16(3)25(31)20-13-27-14-24(30)28(32)23(22(27)9-8-21(27)17(20)4)7-6-18-12-19(29)10-11-26(18,28)5/h6-7,15-18,20-21,25,31-32H,8-14H2,1-5H3/t16-,17-,18?,20-,21-,25+,26+,27?,28-/m1/s1. The Morgan fingerprint density at radius 2 is 1.88 bits per heavy atom. The van der Waals surface area contributed by atoms with E-state index in [2.05, 4.69) is 33.8 Å². The molecule has 9 atom stereocenters. The molecule has 4 nitrogen and oxygen atoms in total. The number of ketones is 2. The minimum absolute atomic E-state index is 0.0476. The lowest BCUT2D eigenvalue weighted by atomic mass is 9.48. The van der Waals surface area contributed by atoms with Crippen molar-refractivity contribution in [2.75, 3.05) is 0 Å². The Morgan fingerprint density at radius 1 is 1.16 bits per heavy atom. The Hall–Kier alpha value is -1.26. The predicted molar refractivity (Wildman–Crippen MR) is 124 cm³/mol. The molecule has 2 N–H and O–H groups in total. The van der Waals surface area contributed by atoms with Crippen LogP contribution in [0.5, 0.6) is 0 Å². The topological polar surface area (TPSA) is 74.6 Å². The summed E-state index contributed by atoms with van der Waals surface area (Å²) in [6.07, 6.45) is 8.42. The van der Waals surface area contributed by atoms with Gasteiger partial charge in [0.05, 0.1) is 6.10 Å². The van der Waals surface area contributed by atoms with Gasteiger partial charge in [-0.2, -0.15) is 0 Å². The molecule has 4 heteroatoms. The molecule has 0 aromatic rings. The van der Waals surface area contributed by atoms with Crippen molar-refractivity contribution in [3.8, 4) is 0 Å². The zero-order valence-corrected chi connectivity index (χ0v) is 20.4. The molecule has 0 aliphatic heterocycles. The van der Waals surface area contributed by atoms with Crippen LogP contribution in [-0.2, 0) is 9.59 Å². The van der Waals surface area contributed by atoms with Crippen LogP contribution in [0.25, 0.3) is 0 Å². The number of carbonyl (C=O) groups is 2. The number of rotatable bonds is 3. The molecular formula is C28H40O4. The van der Waals surface area contributed by atoms with E-state index in [9.17, 15) is 19.8 Å². The number of aliphatic hydroxyl groups excluding tert-OH is 1. The maximum atomic E-state index is 13.9. The van der Waals surface area contributed by atoms with Gasteiger partial charge in [-0.25, -0.2) is 0 Å². The fourth-order valence-corrected chi connectivity index (χ4v) is 8.65. The molecule has 176 valence electrons. The summed E-state index contributed by atoms with van der Waals surface area (Å²) >= 11 is 0. The summed E-state index contributed by atoms with van der Waals surface area (Å²) in [4.78, 5) is 26.1. The van der Waals surface area contributed by atoms with Crippen molar-refractivity contribution in [3.05, 3.63) is 23.3 Å². The maximum Gasteiger partial charge on any atom is 0.170 e. The van der Waals surface area contributed by atoms with Crippen LogP contribution in [0, 0.1) is 46.3 Å². The summed E-state index contributed by atoms with van der Waals surface area (Å²) in [5.41, 5.74) is -0.157. The average Bonchev–Trinajstić information content (AvgIpc) is 3.23. The summed E-state index contributed by atoms with van der Waals surface area (Å²) in [6, 6.07) is 0. The van der Waals surface area contributed by atoms with E-state index < -0.39 is 11.0 Å². The summed E-state index contributed by atoms with van der Waals surface area (Å²) in [5, 5.41) is 23.4. The SMILES string of the molecule is CC(C)[C@@H](C)[C@H](O)[C@@H]1CC23CC(=O)[C@]4(O)C(=C2CC[C@@H]3[C@@H]1C)C=CC1CC(=O)CC[C@@]14C. The first-order chi connectivity index (χ1) is 15.0. The van der Waals surface area contributed by atoms with Crippen LogP contribution in [0.1, 0.15) is 79.6 Å². The van der Waals surface area contributed by atoms with Crippen molar-refractivity contribution in [2.24, 2.45) is 46.3 Å². The van der Waals surface area contributed by atoms with E-state index in [1.807, 2.05) is 13.0 Å². The molecule has 0 saturated heterocycles. The van der Waals surface area contributed by atoms with E-state index in [1.54, 1.807) is 0 Å². The van der Waals surface area contributed by atoms with Gasteiger partial charge < -0.3 is 10.2 Å². The molecule has 5 aliphatic rings. The lowest BCUT2D eigenvalue weighted by Gasteiger charge is -2.57. The van der Waals surface area contributed by atoms with Crippen LogP contribution >= 0.6 is 0 Å². The highest BCUT2D eigenvalue weighted by molar-refractivity contribution is 5.96. The third-order valence-corrected chi connectivity index (χ3v) is 11.1. The van der Waals surface area contributed by atoms with Gasteiger partial charge in [0, 0.05) is 30.1 Å². The second-order valence-electron chi connectivity index (χ2n) is 12.5. The van der Waals surface area contributed by atoms with Gasteiger partial charge >= 0.3 is 0 Å². The second kappa shape index (κ2) is 7.12. The summed E-state index contributed by atoms with van der Waals surface area (Å²) in [6.45, 7) is 10.8. The molecule has 0 heterocycles. The Labute approximate surface area is 192 Å². The Morgan fingerprint density at radius 3 is 2.56 bits per heavy atom. The van der Waals surface area contributed by atoms with Gasteiger partial charge in [-0.1, -0.05) is 52.3 Å². The van der Waals surface area contributed by atoms with Crippen molar-refractivity contribution in [3.63, 3.8) is 0 Å². The van der Waals surface area contributed by atoms with Gasteiger partial charge in [0.1, 0.15) is 5.78 Å². The zero-order valence-electron chi connectivity index (χ0n) is 20.4. The van der Waals surface area contributed by atoms with Crippen LogP contribution in [0.15, 0.2) is 23.3 Å². The molecule has 0 aromatic heterocycles. The smallest absolute Gasteiger partial charge is 0.170 e. The molecule has 0 aromatic carbocycles. The minimum atomic E-state index is -1.48. The molecule has 0 radical (unpaired) electrons. The third kappa shape index (κ3) is 2.63. The highest BCUT2D eigenvalue weighted by Gasteiger charge is 2.68. The quantitative estimate of drug-likeness (QED) is 0.671. The van der Waals surface area contributed by atoms with Crippen molar-refractivity contribution in [2.45, 2.75) is 91.3 Å². The lowest BCUT2D eigenvalue weighted by Crippen LogP contribution is -2.63. The van der Waals surface area contributed by atoms with Crippen LogP contribution in [0.4, 0.5) is 0 Å². The Balaban J connectivity index is 1.60. The monoisotopic (exact) mass is 440 g/mol. The number of fused-ring (bicyclic) bond motifs is 3. The molecule has 0 amide bonds. The molecule has 0 bridgehead atoms. The normalized spacial score (nSPS) is 47.2. The maximum absolute atomic E-state index is 13.9. The third-order valence-electron chi connectivity index (χ3n) is 11.1. The van der Waals surface area contributed by atoms with E-state index >= 15 is 0 Å². The highest BCUT2D eigenvalue weighted by Crippen LogP contribution is 2.70. The van der Waals surface area contributed by atoms with Crippen molar-refractivity contribution in [1.82, 2.24) is 0 Å². The van der Waals surface area contributed by atoms with Crippen LogP contribution in [0.2, 0.25) is 0 Å². The van der Waals surface area contributed by atoms with E-state index in [0.717, 1.165) is 24.8 Å².